The fourth-order valence-corrected chi connectivity index (χ4v) is 3.00. The molecule has 0 aromatic rings. The Kier molecular flexibility index (Phi) is 4.59. The first kappa shape index (κ1) is 13.8. The quantitative estimate of drug-likeness (QED) is 0.803. The van der Waals surface area contributed by atoms with Crippen molar-refractivity contribution in [2.75, 3.05) is 32.8 Å². The first-order valence-corrected chi connectivity index (χ1v) is 6.90. The highest BCUT2D eigenvalue weighted by atomic mass is 16.5. The summed E-state index contributed by atoms with van der Waals surface area (Å²) in [7, 11) is 0. The van der Waals surface area contributed by atoms with Crippen molar-refractivity contribution in [3.63, 3.8) is 0 Å². The first-order chi connectivity index (χ1) is 8.59. The van der Waals surface area contributed by atoms with Crippen LogP contribution in [0.2, 0.25) is 0 Å². The minimum absolute atomic E-state index is 0.333. The van der Waals surface area contributed by atoms with E-state index in [1.165, 1.54) is 0 Å². The van der Waals surface area contributed by atoms with Crippen LogP contribution in [0, 0.1) is 0 Å². The van der Waals surface area contributed by atoms with Crippen LogP contribution in [0.5, 0.6) is 0 Å². The van der Waals surface area contributed by atoms with Crippen LogP contribution in [0.25, 0.3) is 0 Å². The Morgan fingerprint density at radius 3 is 2.50 bits per heavy atom. The van der Waals surface area contributed by atoms with Crippen LogP contribution in [0.4, 0.5) is 0 Å². The Labute approximate surface area is 109 Å². The van der Waals surface area contributed by atoms with Crippen LogP contribution in [-0.2, 0) is 9.53 Å². The van der Waals surface area contributed by atoms with Crippen LogP contribution in [-0.4, -0.2) is 71.8 Å². The standard InChI is InChI=1S/C13H24N2O3/c1-10(2)14-5-3-11(4-6-14)15-7-8-18-9-12(15)13(16)17/h10-12H,3-9H2,1-2H3,(H,16,17). The number of rotatable bonds is 3. The van der Waals surface area contributed by atoms with Gasteiger partial charge in [0.1, 0.15) is 6.04 Å². The van der Waals surface area contributed by atoms with Crippen molar-refractivity contribution in [3.05, 3.63) is 0 Å². The lowest BCUT2D eigenvalue weighted by atomic mass is 9.99. The van der Waals surface area contributed by atoms with Crippen molar-refractivity contribution in [2.24, 2.45) is 0 Å². The molecule has 0 spiro atoms. The Bertz CT molecular complexity index is 288. The lowest BCUT2D eigenvalue weighted by Crippen LogP contribution is -2.57. The van der Waals surface area contributed by atoms with Crippen molar-refractivity contribution < 1.29 is 14.6 Å². The number of ether oxygens (including phenoxy) is 1. The number of morpholine rings is 1. The van der Waals surface area contributed by atoms with Gasteiger partial charge in [-0.1, -0.05) is 0 Å². The Hall–Kier alpha value is -0.650. The molecule has 2 fully saturated rings. The Balaban J connectivity index is 1.93. The molecule has 2 aliphatic heterocycles. The summed E-state index contributed by atoms with van der Waals surface area (Å²) in [5, 5.41) is 9.25. The lowest BCUT2D eigenvalue weighted by molar-refractivity contribution is -0.152. The zero-order chi connectivity index (χ0) is 13.1. The van der Waals surface area contributed by atoms with Gasteiger partial charge < -0.3 is 14.7 Å². The molecular formula is C13H24N2O3. The smallest absolute Gasteiger partial charge is 0.323 e. The van der Waals surface area contributed by atoms with Crippen LogP contribution < -0.4 is 0 Å². The summed E-state index contributed by atoms with van der Waals surface area (Å²) < 4.78 is 5.29. The topological polar surface area (TPSA) is 53.0 Å². The molecule has 2 heterocycles. The molecule has 0 saturated carbocycles. The van der Waals surface area contributed by atoms with Gasteiger partial charge in [-0.25, -0.2) is 0 Å². The largest absolute Gasteiger partial charge is 0.480 e. The molecule has 18 heavy (non-hydrogen) atoms. The van der Waals surface area contributed by atoms with E-state index in [0.29, 0.717) is 25.3 Å². The highest BCUT2D eigenvalue weighted by molar-refractivity contribution is 5.73. The van der Waals surface area contributed by atoms with Gasteiger partial charge in [0, 0.05) is 18.6 Å². The molecule has 1 atom stereocenters. The van der Waals surface area contributed by atoms with E-state index in [1.807, 2.05) is 0 Å². The number of piperidine rings is 1. The van der Waals surface area contributed by atoms with Crippen LogP contribution in [0.3, 0.4) is 0 Å². The van der Waals surface area contributed by atoms with Crippen molar-refractivity contribution in [2.45, 2.75) is 44.8 Å². The predicted molar refractivity (Wildman–Crippen MR) is 68.7 cm³/mol. The van der Waals surface area contributed by atoms with Crippen LogP contribution >= 0.6 is 0 Å². The molecule has 1 unspecified atom stereocenters. The van der Waals surface area contributed by atoms with Crippen LogP contribution in [0.15, 0.2) is 0 Å². The highest BCUT2D eigenvalue weighted by Crippen LogP contribution is 2.22. The second-order valence-electron chi connectivity index (χ2n) is 5.53. The monoisotopic (exact) mass is 256 g/mol. The van der Waals surface area contributed by atoms with Gasteiger partial charge in [0.25, 0.3) is 0 Å². The van der Waals surface area contributed by atoms with Crippen molar-refractivity contribution in [1.82, 2.24) is 9.80 Å². The molecule has 5 heteroatoms. The minimum atomic E-state index is -0.749. The summed E-state index contributed by atoms with van der Waals surface area (Å²) in [5.41, 5.74) is 0. The van der Waals surface area contributed by atoms with Gasteiger partial charge in [0.15, 0.2) is 0 Å². The highest BCUT2D eigenvalue weighted by Gasteiger charge is 2.35. The molecule has 5 nitrogen and oxygen atoms in total. The number of carboxylic acid groups (broad SMARTS) is 1. The Morgan fingerprint density at radius 1 is 1.28 bits per heavy atom. The fraction of sp³-hybridized carbons (Fsp3) is 0.923. The van der Waals surface area contributed by atoms with Gasteiger partial charge in [-0.15, -0.1) is 0 Å². The number of hydrogen-bond acceptors (Lipinski definition) is 4. The van der Waals surface area contributed by atoms with E-state index in [1.54, 1.807) is 0 Å². The van der Waals surface area contributed by atoms with Crippen molar-refractivity contribution >= 4 is 5.97 Å². The molecule has 0 aromatic heterocycles. The third-order valence-corrected chi connectivity index (χ3v) is 4.15. The normalized spacial score (nSPS) is 28.7. The summed E-state index contributed by atoms with van der Waals surface area (Å²) in [6.45, 7) is 8.33. The Morgan fingerprint density at radius 2 is 1.94 bits per heavy atom. The lowest BCUT2D eigenvalue weighted by Gasteiger charge is -2.43. The fourth-order valence-electron chi connectivity index (χ4n) is 3.00. The van der Waals surface area contributed by atoms with Gasteiger partial charge >= 0.3 is 5.97 Å². The van der Waals surface area contributed by atoms with E-state index in [9.17, 15) is 9.90 Å². The molecule has 1 N–H and O–H groups in total. The molecular weight excluding hydrogens is 232 g/mol. The molecule has 0 aromatic carbocycles. The maximum atomic E-state index is 11.2. The van der Waals surface area contributed by atoms with Gasteiger partial charge in [0.2, 0.25) is 0 Å². The number of nitrogens with zero attached hydrogens (tertiary/aromatic N) is 2. The van der Waals surface area contributed by atoms with E-state index in [-0.39, 0.29) is 0 Å². The van der Waals surface area contributed by atoms with E-state index in [0.717, 1.165) is 32.5 Å². The SMILES string of the molecule is CC(C)N1CCC(N2CCOCC2C(=O)O)CC1. The molecule has 0 aliphatic carbocycles. The minimum Gasteiger partial charge on any atom is -0.480 e. The zero-order valence-electron chi connectivity index (χ0n) is 11.3. The average molecular weight is 256 g/mol. The maximum absolute atomic E-state index is 11.2. The van der Waals surface area contributed by atoms with Crippen molar-refractivity contribution in [3.8, 4) is 0 Å². The molecule has 2 aliphatic rings. The van der Waals surface area contributed by atoms with Crippen molar-refractivity contribution in [1.29, 1.82) is 0 Å². The third kappa shape index (κ3) is 3.02. The molecule has 2 saturated heterocycles. The second kappa shape index (κ2) is 5.99. The van der Waals surface area contributed by atoms with Gasteiger partial charge in [-0.2, -0.15) is 0 Å². The third-order valence-electron chi connectivity index (χ3n) is 4.15. The molecule has 0 amide bonds. The number of aliphatic carboxylic acids is 1. The molecule has 104 valence electrons. The van der Waals surface area contributed by atoms with E-state index in [2.05, 4.69) is 23.6 Å². The summed E-state index contributed by atoms with van der Waals surface area (Å²) in [5.74, 6) is -0.749. The summed E-state index contributed by atoms with van der Waals surface area (Å²) in [4.78, 5) is 15.9. The average Bonchev–Trinajstić information content (AvgIpc) is 2.39. The summed E-state index contributed by atoms with van der Waals surface area (Å²) >= 11 is 0. The molecule has 2 rings (SSSR count). The number of carbonyl (C=O) groups is 1. The summed E-state index contributed by atoms with van der Waals surface area (Å²) in [6, 6.07) is 0.547. The second-order valence-corrected chi connectivity index (χ2v) is 5.53. The predicted octanol–water partition coefficient (Wildman–Crippen LogP) is 0.645. The summed E-state index contributed by atoms with van der Waals surface area (Å²) in [6.07, 6.45) is 2.14. The van der Waals surface area contributed by atoms with Gasteiger partial charge in [0.05, 0.1) is 13.2 Å². The van der Waals surface area contributed by atoms with Crippen LogP contribution in [0.1, 0.15) is 26.7 Å². The zero-order valence-corrected chi connectivity index (χ0v) is 11.3. The van der Waals surface area contributed by atoms with E-state index >= 15 is 0 Å². The van der Waals surface area contributed by atoms with Gasteiger partial charge in [-0.3, -0.25) is 9.69 Å². The first-order valence-electron chi connectivity index (χ1n) is 6.90. The van der Waals surface area contributed by atoms with E-state index < -0.39 is 12.0 Å². The maximum Gasteiger partial charge on any atom is 0.323 e. The van der Waals surface area contributed by atoms with E-state index in [4.69, 9.17) is 4.74 Å². The number of likely N-dealkylation sites (tertiary alicyclic amines) is 1. The number of carboxylic acids is 1. The molecule has 0 bridgehead atoms. The van der Waals surface area contributed by atoms with Gasteiger partial charge in [-0.05, 0) is 39.8 Å². The molecule has 0 radical (unpaired) electrons. The number of hydrogen-bond donors (Lipinski definition) is 1.